The molecule has 2 aromatic heterocycles. The van der Waals surface area contributed by atoms with E-state index in [0.717, 1.165) is 22.0 Å². The molecule has 0 fully saturated rings. The summed E-state index contributed by atoms with van der Waals surface area (Å²) >= 11 is 0. The predicted molar refractivity (Wildman–Crippen MR) is 59.8 cm³/mol. The summed E-state index contributed by atoms with van der Waals surface area (Å²) in [6, 6.07) is 9.87. The summed E-state index contributed by atoms with van der Waals surface area (Å²) in [5.74, 6) is 0.218. The molecule has 0 radical (unpaired) electrons. The van der Waals surface area contributed by atoms with Crippen molar-refractivity contribution in [3.8, 4) is 17.1 Å². The summed E-state index contributed by atoms with van der Waals surface area (Å²) < 4.78 is 0. The van der Waals surface area contributed by atoms with Crippen molar-refractivity contribution in [3.05, 3.63) is 42.7 Å². The molecule has 0 unspecified atom stereocenters. The van der Waals surface area contributed by atoms with Gasteiger partial charge in [0.1, 0.15) is 0 Å². The topological polar surface area (TPSA) is 51.8 Å². The number of hydrogen-bond donors (Lipinski definition) is 3. The summed E-state index contributed by atoms with van der Waals surface area (Å²) in [6.07, 6.45) is 3.68. The summed E-state index contributed by atoms with van der Waals surface area (Å²) in [7, 11) is 0. The van der Waals surface area contributed by atoms with Crippen LogP contribution in [0, 0.1) is 0 Å². The fourth-order valence-corrected chi connectivity index (χ4v) is 1.90. The van der Waals surface area contributed by atoms with E-state index in [1.54, 1.807) is 6.20 Å². The molecule has 15 heavy (non-hydrogen) atoms. The van der Waals surface area contributed by atoms with Crippen molar-refractivity contribution >= 4 is 10.8 Å². The molecule has 0 saturated carbocycles. The lowest BCUT2D eigenvalue weighted by Crippen LogP contribution is -1.78. The van der Waals surface area contributed by atoms with Crippen LogP contribution in [0.5, 0.6) is 5.88 Å². The molecule has 3 nitrogen and oxygen atoms in total. The Kier molecular flexibility index (Phi) is 1.59. The Hall–Kier alpha value is -2.16. The van der Waals surface area contributed by atoms with Gasteiger partial charge < -0.3 is 15.1 Å². The molecule has 3 heteroatoms. The van der Waals surface area contributed by atoms with Gasteiger partial charge in [-0.05, 0) is 12.1 Å². The minimum absolute atomic E-state index is 0.218. The maximum atomic E-state index is 9.72. The zero-order chi connectivity index (χ0) is 10.3. The Morgan fingerprint density at radius 1 is 1.00 bits per heavy atom. The van der Waals surface area contributed by atoms with E-state index in [2.05, 4.69) is 9.97 Å². The average molecular weight is 198 g/mol. The van der Waals surface area contributed by atoms with Gasteiger partial charge in [0.25, 0.3) is 0 Å². The zero-order valence-electron chi connectivity index (χ0n) is 7.99. The average Bonchev–Trinajstić information content (AvgIpc) is 2.88. The highest BCUT2D eigenvalue weighted by Crippen LogP contribution is 2.33. The number of aromatic amines is 2. The van der Waals surface area contributed by atoms with Crippen LogP contribution in [0.2, 0.25) is 0 Å². The highest BCUT2D eigenvalue weighted by atomic mass is 16.3. The van der Waals surface area contributed by atoms with Gasteiger partial charge in [-0.3, -0.25) is 0 Å². The van der Waals surface area contributed by atoms with E-state index in [1.165, 1.54) is 0 Å². The first-order valence-corrected chi connectivity index (χ1v) is 4.79. The highest BCUT2D eigenvalue weighted by molar-refractivity contribution is 5.99. The highest BCUT2D eigenvalue weighted by Gasteiger charge is 2.09. The Bertz CT molecular complexity index is 593. The van der Waals surface area contributed by atoms with Crippen molar-refractivity contribution in [2.75, 3.05) is 0 Å². The van der Waals surface area contributed by atoms with Crippen LogP contribution in [0.25, 0.3) is 22.0 Å². The fourth-order valence-electron chi connectivity index (χ4n) is 1.90. The molecule has 0 aliphatic heterocycles. The van der Waals surface area contributed by atoms with E-state index in [9.17, 15) is 5.11 Å². The molecule has 2 heterocycles. The van der Waals surface area contributed by atoms with Gasteiger partial charge in [0.05, 0.1) is 5.39 Å². The van der Waals surface area contributed by atoms with Crippen molar-refractivity contribution in [1.29, 1.82) is 0 Å². The molecule has 74 valence electrons. The van der Waals surface area contributed by atoms with Gasteiger partial charge in [-0.1, -0.05) is 18.2 Å². The van der Waals surface area contributed by atoms with Crippen LogP contribution in [0.3, 0.4) is 0 Å². The van der Waals surface area contributed by atoms with Crippen molar-refractivity contribution in [3.63, 3.8) is 0 Å². The van der Waals surface area contributed by atoms with Crippen LogP contribution in [0.4, 0.5) is 0 Å². The van der Waals surface area contributed by atoms with Crippen molar-refractivity contribution in [2.45, 2.75) is 0 Å². The van der Waals surface area contributed by atoms with E-state index in [0.29, 0.717) is 0 Å². The predicted octanol–water partition coefficient (Wildman–Crippen LogP) is 2.87. The summed E-state index contributed by atoms with van der Waals surface area (Å²) in [4.78, 5) is 5.96. The summed E-state index contributed by atoms with van der Waals surface area (Å²) in [6.45, 7) is 0. The van der Waals surface area contributed by atoms with Crippen LogP contribution in [0.1, 0.15) is 0 Å². The molecule has 0 atom stereocenters. The molecule has 0 aliphatic carbocycles. The van der Waals surface area contributed by atoms with Gasteiger partial charge in [-0.25, -0.2) is 0 Å². The van der Waals surface area contributed by atoms with Gasteiger partial charge in [-0.2, -0.15) is 0 Å². The van der Waals surface area contributed by atoms with Crippen LogP contribution in [-0.2, 0) is 0 Å². The molecule has 3 rings (SSSR count). The smallest absolute Gasteiger partial charge is 0.197 e. The minimum Gasteiger partial charge on any atom is -0.494 e. The lowest BCUT2D eigenvalue weighted by Gasteiger charge is -2.00. The molecule has 0 spiro atoms. The number of hydrogen-bond acceptors (Lipinski definition) is 1. The maximum absolute atomic E-state index is 9.72. The van der Waals surface area contributed by atoms with Gasteiger partial charge in [0.15, 0.2) is 5.88 Å². The van der Waals surface area contributed by atoms with Crippen LogP contribution < -0.4 is 0 Å². The van der Waals surface area contributed by atoms with Crippen LogP contribution in [-0.4, -0.2) is 15.1 Å². The number of nitrogens with one attached hydrogen (secondary N) is 2. The normalized spacial score (nSPS) is 10.9. The van der Waals surface area contributed by atoms with E-state index in [4.69, 9.17) is 0 Å². The Balaban J connectivity index is 2.39. The number of benzene rings is 1. The number of H-pyrrole nitrogens is 2. The first kappa shape index (κ1) is 8.17. The van der Waals surface area contributed by atoms with Gasteiger partial charge in [0, 0.05) is 29.0 Å². The first-order valence-electron chi connectivity index (χ1n) is 4.79. The van der Waals surface area contributed by atoms with Gasteiger partial charge in [-0.15, -0.1) is 0 Å². The maximum Gasteiger partial charge on any atom is 0.197 e. The number of aromatic nitrogens is 2. The molecule has 0 bridgehead atoms. The molecule has 3 N–H and O–H groups in total. The van der Waals surface area contributed by atoms with Crippen LogP contribution >= 0.6 is 0 Å². The Morgan fingerprint density at radius 2 is 1.93 bits per heavy atom. The third-order valence-electron chi connectivity index (χ3n) is 2.59. The minimum atomic E-state index is 0.218. The largest absolute Gasteiger partial charge is 0.494 e. The third-order valence-corrected chi connectivity index (χ3v) is 2.59. The van der Waals surface area contributed by atoms with E-state index in [1.807, 2.05) is 36.5 Å². The second kappa shape index (κ2) is 2.92. The van der Waals surface area contributed by atoms with Gasteiger partial charge >= 0.3 is 0 Å². The summed E-state index contributed by atoms with van der Waals surface area (Å²) in [5, 5.41) is 11.6. The van der Waals surface area contributed by atoms with Crippen molar-refractivity contribution < 1.29 is 5.11 Å². The Morgan fingerprint density at radius 3 is 2.73 bits per heavy atom. The third kappa shape index (κ3) is 1.13. The molecule has 0 saturated heterocycles. The zero-order valence-corrected chi connectivity index (χ0v) is 7.99. The lowest BCUT2D eigenvalue weighted by molar-refractivity contribution is 0.463. The molecule has 0 aliphatic rings. The van der Waals surface area contributed by atoms with Crippen molar-refractivity contribution in [1.82, 2.24) is 9.97 Å². The van der Waals surface area contributed by atoms with Gasteiger partial charge in [0.2, 0.25) is 0 Å². The lowest BCUT2D eigenvalue weighted by atomic mass is 10.1. The quantitative estimate of drug-likeness (QED) is 0.553. The number of aromatic hydroxyl groups is 1. The molecular weight excluding hydrogens is 188 g/mol. The van der Waals surface area contributed by atoms with Crippen molar-refractivity contribution in [2.24, 2.45) is 0 Å². The Labute approximate surface area is 86.4 Å². The SMILES string of the molecule is Oc1[nH]cc2cccc(-c3ccc[nH]3)c12. The van der Waals surface area contributed by atoms with E-state index >= 15 is 0 Å². The molecule has 0 amide bonds. The fraction of sp³-hybridized carbons (Fsp3) is 0. The monoisotopic (exact) mass is 198 g/mol. The molecular formula is C12H10N2O. The summed E-state index contributed by atoms with van der Waals surface area (Å²) in [5.41, 5.74) is 2.02. The standard InChI is InChI=1S/C12H10N2O/c15-12-11-8(7-14-12)3-1-4-9(11)10-5-2-6-13-10/h1-7,13-15H. The second-order valence-electron chi connectivity index (χ2n) is 3.49. The number of fused-ring (bicyclic) bond motifs is 1. The molecule has 1 aromatic carbocycles. The first-order chi connectivity index (χ1) is 7.36. The number of rotatable bonds is 1. The van der Waals surface area contributed by atoms with E-state index in [-0.39, 0.29) is 5.88 Å². The molecule has 3 aromatic rings. The van der Waals surface area contributed by atoms with Crippen LogP contribution in [0.15, 0.2) is 42.7 Å². The second-order valence-corrected chi connectivity index (χ2v) is 3.49. The van der Waals surface area contributed by atoms with E-state index < -0.39 is 0 Å².